The first-order valence-corrected chi connectivity index (χ1v) is 7.15. The normalized spacial score (nSPS) is 21.8. The fourth-order valence-corrected chi connectivity index (χ4v) is 2.54. The summed E-state index contributed by atoms with van der Waals surface area (Å²) in [6.45, 7) is 6.85. The van der Waals surface area contributed by atoms with Gasteiger partial charge in [0.2, 0.25) is 0 Å². The Morgan fingerprint density at radius 1 is 1.45 bits per heavy atom. The molecule has 20 heavy (non-hydrogen) atoms. The van der Waals surface area contributed by atoms with Crippen LogP contribution in [-0.2, 0) is 4.74 Å². The van der Waals surface area contributed by atoms with E-state index < -0.39 is 0 Å². The van der Waals surface area contributed by atoms with Gasteiger partial charge in [0.25, 0.3) is 0 Å². The summed E-state index contributed by atoms with van der Waals surface area (Å²) in [5, 5.41) is 0. The molecule has 112 valence electrons. The van der Waals surface area contributed by atoms with Gasteiger partial charge in [-0.15, -0.1) is 0 Å². The smallest absolute Gasteiger partial charge is 0.128 e. The Bertz CT molecular complexity index is 459. The Hall–Kier alpha value is -1.26. The van der Waals surface area contributed by atoms with Crippen LogP contribution in [-0.4, -0.2) is 25.4 Å². The maximum atomic E-state index is 6.20. The number of hydrogen-bond acceptors (Lipinski definition) is 4. The lowest BCUT2D eigenvalue weighted by molar-refractivity contribution is 0.0720. The molecule has 0 aromatic heterocycles. The van der Waals surface area contributed by atoms with E-state index in [1.54, 1.807) is 7.11 Å². The molecule has 0 fully saturated rings. The molecule has 0 amide bonds. The van der Waals surface area contributed by atoms with Gasteiger partial charge in [-0.1, -0.05) is 6.07 Å². The van der Waals surface area contributed by atoms with Crippen LogP contribution >= 0.6 is 0 Å². The van der Waals surface area contributed by atoms with Crippen LogP contribution in [0.5, 0.6) is 11.5 Å². The van der Waals surface area contributed by atoms with Crippen molar-refractivity contribution in [1.29, 1.82) is 0 Å². The molecule has 0 saturated carbocycles. The van der Waals surface area contributed by atoms with Gasteiger partial charge in [0.1, 0.15) is 17.1 Å². The van der Waals surface area contributed by atoms with Gasteiger partial charge >= 0.3 is 0 Å². The van der Waals surface area contributed by atoms with Crippen molar-refractivity contribution in [2.24, 2.45) is 5.73 Å². The van der Waals surface area contributed by atoms with E-state index in [1.807, 2.05) is 25.1 Å². The molecule has 1 heterocycles. The molecule has 2 N–H and O–H groups in total. The molecule has 1 aliphatic heterocycles. The second-order valence-corrected chi connectivity index (χ2v) is 6.08. The summed E-state index contributed by atoms with van der Waals surface area (Å²) in [4.78, 5) is 0. The standard InChI is InChI=1S/C16H25NO3/c1-11(7-8-18-4)19-12-5-6-13-14(17)10-16(2,3)20-15(13)9-12/h5-6,9,11,14H,7-8,10,17H2,1-4H3. The number of rotatable bonds is 5. The predicted molar refractivity (Wildman–Crippen MR) is 79.3 cm³/mol. The van der Waals surface area contributed by atoms with Crippen molar-refractivity contribution in [2.75, 3.05) is 13.7 Å². The van der Waals surface area contributed by atoms with Crippen molar-refractivity contribution in [1.82, 2.24) is 0 Å². The van der Waals surface area contributed by atoms with Crippen LogP contribution in [0.1, 0.15) is 45.2 Å². The molecule has 0 radical (unpaired) electrons. The Kier molecular flexibility index (Phi) is 4.55. The fraction of sp³-hybridized carbons (Fsp3) is 0.625. The molecule has 1 aromatic carbocycles. The van der Waals surface area contributed by atoms with Crippen LogP contribution in [0.25, 0.3) is 0 Å². The van der Waals surface area contributed by atoms with Gasteiger partial charge in [-0.25, -0.2) is 0 Å². The zero-order valence-electron chi connectivity index (χ0n) is 12.8. The molecule has 1 aliphatic rings. The van der Waals surface area contributed by atoms with E-state index in [1.165, 1.54) is 0 Å². The van der Waals surface area contributed by atoms with E-state index >= 15 is 0 Å². The van der Waals surface area contributed by atoms with Gasteiger partial charge in [-0.05, 0) is 26.8 Å². The molecule has 0 aliphatic carbocycles. The second-order valence-electron chi connectivity index (χ2n) is 6.08. The van der Waals surface area contributed by atoms with Crippen LogP contribution < -0.4 is 15.2 Å². The number of methoxy groups -OCH3 is 1. The van der Waals surface area contributed by atoms with Crippen molar-refractivity contribution in [2.45, 2.75) is 51.4 Å². The molecule has 4 heteroatoms. The SMILES string of the molecule is COCCC(C)Oc1ccc2c(c1)OC(C)(C)CC2N. The highest BCUT2D eigenvalue weighted by Crippen LogP contribution is 2.40. The minimum atomic E-state index is -0.229. The summed E-state index contributed by atoms with van der Waals surface area (Å²) in [5.41, 5.74) is 7.03. The van der Waals surface area contributed by atoms with Crippen LogP contribution in [0, 0.1) is 0 Å². The Morgan fingerprint density at radius 2 is 2.20 bits per heavy atom. The van der Waals surface area contributed by atoms with Crippen molar-refractivity contribution in [3.8, 4) is 11.5 Å². The van der Waals surface area contributed by atoms with Gasteiger partial charge in [0.15, 0.2) is 0 Å². The average molecular weight is 279 g/mol. The molecule has 0 bridgehead atoms. The fourth-order valence-electron chi connectivity index (χ4n) is 2.54. The molecule has 1 aromatic rings. The molecular formula is C16H25NO3. The maximum absolute atomic E-state index is 6.20. The zero-order chi connectivity index (χ0) is 14.8. The summed E-state index contributed by atoms with van der Waals surface area (Å²) >= 11 is 0. The molecule has 0 saturated heterocycles. The summed E-state index contributed by atoms with van der Waals surface area (Å²) in [6.07, 6.45) is 1.79. The van der Waals surface area contributed by atoms with E-state index in [9.17, 15) is 0 Å². The van der Waals surface area contributed by atoms with Crippen molar-refractivity contribution >= 4 is 0 Å². The quantitative estimate of drug-likeness (QED) is 0.900. The van der Waals surface area contributed by atoms with Crippen molar-refractivity contribution < 1.29 is 14.2 Å². The second kappa shape index (κ2) is 6.02. The molecule has 4 nitrogen and oxygen atoms in total. The molecule has 2 unspecified atom stereocenters. The highest BCUT2D eigenvalue weighted by molar-refractivity contribution is 5.44. The van der Waals surface area contributed by atoms with Crippen LogP contribution in [0.3, 0.4) is 0 Å². The number of fused-ring (bicyclic) bond motifs is 1. The van der Waals surface area contributed by atoms with E-state index in [0.717, 1.165) is 29.9 Å². The highest BCUT2D eigenvalue weighted by atomic mass is 16.5. The number of hydrogen-bond donors (Lipinski definition) is 1. The average Bonchev–Trinajstić information content (AvgIpc) is 2.34. The first-order valence-electron chi connectivity index (χ1n) is 7.15. The minimum Gasteiger partial charge on any atom is -0.490 e. The molecule has 2 atom stereocenters. The molecule has 2 rings (SSSR count). The monoisotopic (exact) mass is 279 g/mol. The molecular weight excluding hydrogens is 254 g/mol. The van der Waals surface area contributed by atoms with E-state index in [2.05, 4.69) is 13.8 Å². The van der Waals surface area contributed by atoms with Gasteiger partial charge < -0.3 is 19.9 Å². The lowest BCUT2D eigenvalue weighted by atomic mass is 9.90. The highest BCUT2D eigenvalue weighted by Gasteiger charge is 2.32. The Labute approximate surface area is 121 Å². The van der Waals surface area contributed by atoms with Crippen molar-refractivity contribution in [3.05, 3.63) is 23.8 Å². The Morgan fingerprint density at radius 3 is 2.90 bits per heavy atom. The van der Waals surface area contributed by atoms with E-state index in [0.29, 0.717) is 6.61 Å². The van der Waals surface area contributed by atoms with Gasteiger partial charge in [0, 0.05) is 44.2 Å². The van der Waals surface area contributed by atoms with Crippen LogP contribution in [0.15, 0.2) is 18.2 Å². The number of benzene rings is 1. The summed E-state index contributed by atoms with van der Waals surface area (Å²) < 4.78 is 17.0. The predicted octanol–water partition coefficient (Wildman–Crippen LogP) is 3.05. The Balaban J connectivity index is 2.11. The zero-order valence-corrected chi connectivity index (χ0v) is 12.8. The van der Waals surface area contributed by atoms with Crippen LogP contribution in [0.4, 0.5) is 0 Å². The lowest BCUT2D eigenvalue weighted by Gasteiger charge is -2.36. The third-order valence-electron chi connectivity index (χ3n) is 3.55. The lowest BCUT2D eigenvalue weighted by Crippen LogP contribution is -2.37. The first-order chi connectivity index (χ1) is 9.41. The summed E-state index contributed by atoms with van der Waals surface area (Å²) in [5.74, 6) is 1.66. The van der Waals surface area contributed by atoms with Gasteiger partial charge in [-0.3, -0.25) is 0 Å². The van der Waals surface area contributed by atoms with Crippen molar-refractivity contribution in [3.63, 3.8) is 0 Å². The third kappa shape index (κ3) is 3.64. The third-order valence-corrected chi connectivity index (χ3v) is 3.55. The van der Waals surface area contributed by atoms with Gasteiger partial charge in [-0.2, -0.15) is 0 Å². The van der Waals surface area contributed by atoms with Gasteiger partial charge in [0.05, 0.1) is 6.10 Å². The van der Waals surface area contributed by atoms with E-state index in [4.69, 9.17) is 19.9 Å². The minimum absolute atomic E-state index is 0.0220. The first kappa shape index (κ1) is 15.1. The summed E-state index contributed by atoms with van der Waals surface area (Å²) in [6, 6.07) is 5.94. The number of ether oxygens (including phenoxy) is 3. The summed E-state index contributed by atoms with van der Waals surface area (Å²) in [7, 11) is 1.70. The maximum Gasteiger partial charge on any atom is 0.128 e. The van der Waals surface area contributed by atoms with Crippen LogP contribution in [0.2, 0.25) is 0 Å². The largest absolute Gasteiger partial charge is 0.490 e. The molecule has 0 spiro atoms. The van der Waals surface area contributed by atoms with E-state index in [-0.39, 0.29) is 17.7 Å². The number of nitrogens with two attached hydrogens (primary N) is 1. The topological polar surface area (TPSA) is 53.7 Å².